The number of ether oxygens (including phenoxy) is 1. The molecule has 146 valence electrons. The first-order chi connectivity index (χ1) is 13.5. The van der Waals surface area contributed by atoms with Gasteiger partial charge in [-0.1, -0.05) is 64.7 Å². The molecule has 0 spiro atoms. The van der Waals surface area contributed by atoms with Gasteiger partial charge in [-0.25, -0.2) is 0 Å². The van der Waals surface area contributed by atoms with Gasteiger partial charge in [-0.05, 0) is 49.6 Å². The van der Waals surface area contributed by atoms with Gasteiger partial charge in [-0.15, -0.1) is 10.2 Å². The molecule has 1 heterocycles. The number of hydrogen-bond acceptors (Lipinski definition) is 7. The Labute approximate surface area is 178 Å². The summed E-state index contributed by atoms with van der Waals surface area (Å²) in [4.78, 5) is 12.7. The Morgan fingerprint density at radius 1 is 1.00 bits per heavy atom. The molecule has 0 N–H and O–H groups in total. The highest BCUT2D eigenvalue weighted by Gasteiger charge is 2.15. The number of Topliss-reactive ketones (excluding diaryl/α,β-unsaturated/α-hetero) is 1. The van der Waals surface area contributed by atoms with Crippen LogP contribution in [0.1, 0.15) is 32.6 Å². The fourth-order valence-corrected chi connectivity index (χ4v) is 5.85. The van der Waals surface area contributed by atoms with Gasteiger partial charge in [-0.2, -0.15) is 0 Å². The number of aryl methyl sites for hydroxylation is 3. The van der Waals surface area contributed by atoms with E-state index in [1.807, 2.05) is 38.1 Å². The summed E-state index contributed by atoms with van der Waals surface area (Å²) in [6.07, 6.45) is 0. The van der Waals surface area contributed by atoms with Crippen LogP contribution in [0.3, 0.4) is 0 Å². The fourth-order valence-electron chi connectivity index (χ4n) is 3.00. The molecule has 0 saturated carbocycles. The van der Waals surface area contributed by atoms with Crippen molar-refractivity contribution >= 4 is 40.6 Å². The van der Waals surface area contributed by atoms with E-state index < -0.39 is 0 Å². The third-order valence-electron chi connectivity index (χ3n) is 4.19. The van der Waals surface area contributed by atoms with Crippen LogP contribution in [-0.2, 0) is 5.75 Å². The van der Waals surface area contributed by atoms with E-state index in [-0.39, 0.29) is 5.78 Å². The minimum Gasteiger partial charge on any atom is -0.497 e. The molecule has 0 unspecified atom stereocenters. The van der Waals surface area contributed by atoms with Crippen molar-refractivity contribution in [3.8, 4) is 5.75 Å². The van der Waals surface area contributed by atoms with Crippen molar-refractivity contribution in [2.75, 3.05) is 12.9 Å². The summed E-state index contributed by atoms with van der Waals surface area (Å²) in [5, 5.41) is 8.46. The average Bonchev–Trinajstić information content (AvgIpc) is 3.12. The van der Waals surface area contributed by atoms with Crippen LogP contribution in [-0.4, -0.2) is 28.8 Å². The molecule has 0 radical (unpaired) electrons. The molecular weight excluding hydrogens is 408 g/mol. The van der Waals surface area contributed by atoms with Crippen molar-refractivity contribution in [1.82, 2.24) is 10.2 Å². The van der Waals surface area contributed by atoms with Crippen LogP contribution in [0.15, 0.2) is 45.1 Å². The molecule has 0 atom stereocenters. The van der Waals surface area contributed by atoms with Crippen LogP contribution < -0.4 is 4.74 Å². The van der Waals surface area contributed by atoms with Crippen LogP contribution in [0, 0.1) is 20.8 Å². The normalized spacial score (nSPS) is 10.9. The summed E-state index contributed by atoms with van der Waals surface area (Å²) in [5.41, 5.74) is 5.29. The number of methoxy groups -OCH3 is 1. The van der Waals surface area contributed by atoms with E-state index in [1.165, 1.54) is 34.2 Å². The molecule has 4 nitrogen and oxygen atoms in total. The minimum atomic E-state index is 0.141. The molecule has 0 fully saturated rings. The van der Waals surface area contributed by atoms with E-state index in [0.29, 0.717) is 5.75 Å². The van der Waals surface area contributed by atoms with Gasteiger partial charge in [0.2, 0.25) is 0 Å². The molecular formula is C21H22N2O2S3. The van der Waals surface area contributed by atoms with Crippen LogP contribution in [0.5, 0.6) is 5.75 Å². The van der Waals surface area contributed by atoms with E-state index in [0.717, 1.165) is 36.9 Å². The van der Waals surface area contributed by atoms with Gasteiger partial charge in [0.25, 0.3) is 0 Å². The molecule has 0 aliphatic heterocycles. The molecule has 1 aromatic heterocycles. The Balaban J connectivity index is 1.55. The molecule has 7 heteroatoms. The summed E-state index contributed by atoms with van der Waals surface area (Å²) in [5.74, 6) is 2.20. The van der Waals surface area contributed by atoms with E-state index in [4.69, 9.17) is 4.74 Å². The third kappa shape index (κ3) is 5.37. The van der Waals surface area contributed by atoms with Gasteiger partial charge in [0.1, 0.15) is 5.75 Å². The molecule has 0 saturated heterocycles. The number of carbonyl (C=O) groups is 1. The lowest BCUT2D eigenvalue weighted by Crippen LogP contribution is -2.07. The van der Waals surface area contributed by atoms with E-state index in [9.17, 15) is 4.79 Å². The first kappa shape index (κ1) is 20.9. The lowest BCUT2D eigenvalue weighted by atomic mass is 9.97. The Hall–Kier alpha value is -1.83. The monoisotopic (exact) mass is 430 g/mol. The molecule has 3 rings (SSSR count). The molecule has 3 aromatic rings. The third-order valence-corrected chi connectivity index (χ3v) is 7.45. The Kier molecular flexibility index (Phi) is 7.15. The van der Waals surface area contributed by atoms with Crippen molar-refractivity contribution in [3.63, 3.8) is 0 Å². The smallest absolute Gasteiger partial charge is 0.175 e. The molecule has 0 aliphatic carbocycles. The first-order valence-corrected chi connectivity index (χ1v) is 11.6. The quantitative estimate of drug-likeness (QED) is 0.335. The lowest BCUT2D eigenvalue weighted by molar-refractivity contribution is 0.102. The van der Waals surface area contributed by atoms with Crippen molar-refractivity contribution < 1.29 is 9.53 Å². The Morgan fingerprint density at radius 3 is 2.21 bits per heavy atom. The van der Waals surface area contributed by atoms with Crippen LogP contribution >= 0.6 is 34.9 Å². The lowest BCUT2D eigenvalue weighted by Gasteiger charge is -2.09. The predicted octanol–water partition coefficient (Wildman–Crippen LogP) is 5.74. The Morgan fingerprint density at radius 2 is 1.61 bits per heavy atom. The summed E-state index contributed by atoms with van der Waals surface area (Å²) >= 11 is 4.64. The van der Waals surface area contributed by atoms with Crippen molar-refractivity contribution in [2.24, 2.45) is 0 Å². The zero-order valence-corrected chi connectivity index (χ0v) is 18.8. The highest BCUT2D eigenvalue weighted by atomic mass is 32.2. The van der Waals surface area contributed by atoms with Crippen molar-refractivity contribution in [1.29, 1.82) is 0 Å². The van der Waals surface area contributed by atoms with E-state index >= 15 is 0 Å². The van der Waals surface area contributed by atoms with Crippen LogP contribution in [0.4, 0.5) is 0 Å². The second kappa shape index (κ2) is 9.58. The number of ketones is 1. The number of aromatic nitrogens is 2. The van der Waals surface area contributed by atoms with Crippen molar-refractivity contribution in [2.45, 2.75) is 35.2 Å². The highest BCUT2D eigenvalue weighted by Crippen LogP contribution is 2.31. The number of thioether (sulfide) groups is 2. The van der Waals surface area contributed by atoms with E-state index in [2.05, 4.69) is 29.3 Å². The summed E-state index contributed by atoms with van der Waals surface area (Å²) in [7, 11) is 1.66. The zero-order chi connectivity index (χ0) is 20.1. The van der Waals surface area contributed by atoms with Gasteiger partial charge in [0.15, 0.2) is 14.5 Å². The summed E-state index contributed by atoms with van der Waals surface area (Å²) in [6.45, 7) is 6.04. The molecule has 0 amide bonds. The molecule has 0 bridgehead atoms. The second-order valence-electron chi connectivity index (χ2n) is 6.46. The maximum atomic E-state index is 12.7. The average molecular weight is 431 g/mol. The highest BCUT2D eigenvalue weighted by molar-refractivity contribution is 8.03. The van der Waals surface area contributed by atoms with Gasteiger partial charge >= 0.3 is 0 Å². The van der Waals surface area contributed by atoms with Gasteiger partial charge in [0, 0.05) is 11.3 Å². The summed E-state index contributed by atoms with van der Waals surface area (Å²) < 4.78 is 6.91. The van der Waals surface area contributed by atoms with Crippen LogP contribution in [0.25, 0.3) is 0 Å². The maximum absolute atomic E-state index is 12.7. The zero-order valence-electron chi connectivity index (χ0n) is 16.3. The van der Waals surface area contributed by atoms with Gasteiger partial charge in [0.05, 0.1) is 12.9 Å². The predicted molar refractivity (Wildman–Crippen MR) is 118 cm³/mol. The standard InChI is InChI=1S/C21H22N2O2S3/c1-13-9-14(2)19(15(3)10-13)18(24)12-27-21-23-22-20(28-21)26-11-16-5-7-17(25-4)8-6-16/h5-10H,11-12H2,1-4H3. The number of benzene rings is 2. The molecule has 2 aromatic carbocycles. The SMILES string of the molecule is COc1ccc(CSc2nnc(SCC(=O)c3c(C)cc(C)cc3C)s2)cc1. The van der Waals surface area contributed by atoms with Crippen molar-refractivity contribution in [3.05, 3.63) is 64.2 Å². The minimum absolute atomic E-state index is 0.141. The fraction of sp³-hybridized carbons (Fsp3) is 0.286. The topological polar surface area (TPSA) is 52.1 Å². The van der Waals surface area contributed by atoms with E-state index in [1.54, 1.807) is 18.9 Å². The number of nitrogens with zero attached hydrogens (tertiary/aromatic N) is 2. The number of rotatable bonds is 8. The van der Waals surface area contributed by atoms with Crippen LogP contribution in [0.2, 0.25) is 0 Å². The largest absolute Gasteiger partial charge is 0.497 e. The van der Waals surface area contributed by atoms with Gasteiger partial charge in [-0.3, -0.25) is 4.79 Å². The first-order valence-electron chi connectivity index (χ1n) is 8.79. The number of carbonyl (C=O) groups excluding carboxylic acids is 1. The maximum Gasteiger partial charge on any atom is 0.175 e. The Bertz CT molecular complexity index is 945. The van der Waals surface area contributed by atoms with Gasteiger partial charge < -0.3 is 4.74 Å². The molecule has 0 aliphatic rings. The summed E-state index contributed by atoms with van der Waals surface area (Å²) in [6, 6.07) is 12.1. The number of hydrogen-bond donors (Lipinski definition) is 0. The molecule has 28 heavy (non-hydrogen) atoms. The second-order valence-corrected chi connectivity index (χ2v) is 9.88.